The van der Waals surface area contributed by atoms with Crippen molar-refractivity contribution < 1.29 is 4.79 Å². The van der Waals surface area contributed by atoms with E-state index < -0.39 is 0 Å². The van der Waals surface area contributed by atoms with Crippen LogP contribution in [0.4, 0.5) is 10.8 Å². The molecule has 0 aliphatic carbocycles. The maximum Gasteiger partial charge on any atom is 0.259 e. The summed E-state index contributed by atoms with van der Waals surface area (Å²) in [6.07, 6.45) is 1.01. The third-order valence-electron chi connectivity index (χ3n) is 3.23. The highest BCUT2D eigenvalue weighted by atomic mass is 32.1. The van der Waals surface area contributed by atoms with Crippen LogP contribution in [-0.2, 0) is 0 Å². The van der Waals surface area contributed by atoms with Crippen LogP contribution in [0, 0.1) is 20.8 Å². The minimum atomic E-state index is -0.119. The summed E-state index contributed by atoms with van der Waals surface area (Å²) < 4.78 is 0. The van der Waals surface area contributed by atoms with Crippen LogP contribution in [-0.4, -0.2) is 17.4 Å². The number of benzene rings is 1. The van der Waals surface area contributed by atoms with Gasteiger partial charge in [0.1, 0.15) is 0 Å². The number of aromatic nitrogens is 1. The number of rotatable bonds is 5. The first-order valence-corrected chi connectivity index (χ1v) is 7.92. The van der Waals surface area contributed by atoms with E-state index in [0.717, 1.165) is 34.8 Å². The molecule has 0 saturated carbocycles. The maximum absolute atomic E-state index is 12.5. The first kappa shape index (κ1) is 15.5. The van der Waals surface area contributed by atoms with E-state index in [1.807, 2.05) is 39.0 Å². The van der Waals surface area contributed by atoms with Crippen molar-refractivity contribution in [2.45, 2.75) is 34.1 Å². The van der Waals surface area contributed by atoms with Gasteiger partial charge in [-0.05, 0) is 39.3 Å². The van der Waals surface area contributed by atoms with Gasteiger partial charge in [-0.15, -0.1) is 11.3 Å². The van der Waals surface area contributed by atoms with E-state index in [2.05, 4.69) is 22.5 Å². The summed E-state index contributed by atoms with van der Waals surface area (Å²) in [5.74, 6) is -0.119. The maximum atomic E-state index is 12.5. The van der Waals surface area contributed by atoms with Gasteiger partial charge in [-0.1, -0.05) is 18.6 Å². The highest BCUT2D eigenvalue weighted by molar-refractivity contribution is 7.15. The highest BCUT2D eigenvalue weighted by Gasteiger charge is 2.14. The predicted octanol–water partition coefficient (Wildman–Crippen LogP) is 4.14. The fourth-order valence-corrected chi connectivity index (χ4v) is 2.76. The van der Waals surface area contributed by atoms with Gasteiger partial charge < -0.3 is 5.32 Å². The fraction of sp³-hybridized carbons (Fsp3) is 0.375. The Morgan fingerprint density at radius 1 is 1.29 bits per heavy atom. The van der Waals surface area contributed by atoms with Crippen LogP contribution in [0.15, 0.2) is 18.2 Å². The Hall–Kier alpha value is -1.88. The lowest BCUT2D eigenvalue weighted by atomic mass is 10.1. The number of anilines is 2. The summed E-state index contributed by atoms with van der Waals surface area (Å²) in [5.41, 5.74) is 3.55. The van der Waals surface area contributed by atoms with Crippen molar-refractivity contribution in [2.75, 3.05) is 17.2 Å². The minimum absolute atomic E-state index is 0.119. The number of carbonyl (C=O) groups is 1. The van der Waals surface area contributed by atoms with Gasteiger partial charge in [0.25, 0.3) is 5.91 Å². The number of carbonyl (C=O) groups excluding carboxylic acids is 1. The quantitative estimate of drug-likeness (QED) is 0.872. The number of amides is 1. The standard InChI is InChI=1S/C16H21N3OS/c1-5-8-17-14-7-6-10(2)9-13(14)15(20)19-16-18-11(3)12(4)21-16/h6-7,9,17H,5,8H2,1-4H3,(H,18,19,20). The van der Waals surface area contributed by atoms with Gasteiger partial charge in [-0.25, -0.2) is 4.98 Å². The molecule has 2 aromatic rings. The molecule has 1 aromatic heterocycles. The van der Waals surface area contributed by atoms with Crippen LogP contribution in [0.25, 0.3) is 0 Å². The zero-order valence-corrected chi connectivity index (χ0v) is 13.7. The minimum Gasteiger partial charge on any atom is -0.384 e. The third kappa shape index (κ3) is 3.82. The molecular weight excluding hydrogens is 282 g/mol. The van der Waals surface area contributed by atoms with Crippen molar-refractivity contribution >= 4 is 28.1 Å². The number of thiazole rings is 1. The third-order valence-corrected chi connectivity index (χ3v) is 4.22. The SMILES string of the molecule is CCCNc1ccc(C)cc1C(=O)Nc1nc(C)c(C)s1. The van der Waals surface area contributed by atoms with Gasteiger partial charge in [0.05, 0.1) is 11.3 Å². The normalized spacial score (nSPS) is 10.5. The van der Waals surface area contributed by atoms with Crippen molar-refractivity contribution in [3.8, 4) is 0 Å². The molecule has 0 aliphatic rings. The molecule has 1 heterocycles. The van der Waals surface area contributed by atoms with Crippen LogP contribution < -0.4 is 10.6 Å². The second-order valence-corrected chi connectivity index (χ2v) is 6.29. The Morgan fingerprint density at radius 2 is 2.05 bits per heavy atom. The molecule has 0 bridgehead atoms. The van der Waals surface area contributed by atoms with E-state index in [9.17, 15) is 4.79 Å². The lowest BCUT2D eigenvalue weighted by molar-refractivity contribution is 0.102. The molecule has 2 rings (SSSR count). The first-order valence-electron chi connectivity index (χ1n) is 7.11. The first-order chi connectivity index (χ1) is 10.0. The lowest BCUT2D eigenvalue weighted by Crippen LogP contribution is -2.15. The van der Waals surface area contributed by atoms with Gasteiger partial charge in [-0.2, -0.15) is 0 Å². The summed E-state index contributed by atoms with van der Waals surface area (Å²) in [7, 11) is 0. The Labute approximate surface area is 129 Å². The topological polar surface area (TPSA) is 54.0 Å². The fourth-order valence-electron chi connectivity index (χ4n) is 1.95. The Morgan fingerprint density at radius 3 is 2.67 bits per heavy atom. The molecule has 0 atom stereocenters. The second kappa shape index (κ2) is 6.72. The lowest BCUT2D eigenvalue weighted by Gasteiger charge is -2.11. The van der Waals surface area contributed by atoms with Crippen molar-refractivity contribution in [3.05, 3.63) is 39.9 Å². The van der Waals surface area contributed by atoms with Crippen LogP contribution in [0.5, 0.6) is 0 Å². The van der Waals surface area contributed by atoms with E-state index in [1.54, 1.807) is 0 Å². The van der Waals surface area contributed by atoms with Crippen molar-refractivity contribution in [3.63, 3.8) is 0 Å². The molecule has 112 valence electrons. The Bertz CT molecular complexity index is 629. The predicted molar refractivity (Wildman–Crippen MR) is 89.5 cm³/mol. The molecule has 0 spiro atoms. The molecular formula is C16H21N3OS. The average molecular weight is 303 g/mol. The van der Waals surface area contributed by atoms with Crippen LogP contribution >= 0.6 is 11.3 Å². The smallest absolute Gasteiger partial charge is 0.259 e. The van der Waals surface area contributed by atoms with E-state index in [4.69, 9.17) is 0 Å². The molecule has 0 fully saturated rings. The summed E-state index contributed by atoms with van der Waals surface area (Å²) in [4.78, 5) is 18.0. The van der Waals surface area contributed by atoms with Crippen LogP contribution in [0.2, 0.25) is 0 Å². The monoisotopic (exact) mass is 303 g/mol. The molecule has 1 amide bonds. The molecule has 1 aromatic carbocycles. The zero-order chi connectivity index (χ0) is 15.4. The van der Waals surface area contributed by atoms with E-state index in [1.165, 1.54) is 11.3 Å². The second-order valence-electron chi connectivity index (χ2n) is 5.09. The Kier molecular flexibility index (Phi) is 4.96. The molecule has 0 radical (unpaired) electrons. The zero-order valence-electron chi connectivity index (χ0n) is 12.9. The van der Waals surface area contributed by atoms with Crippen molar-refractivity contribution in [2.24, 2.45) is 0 Å². The molecule has 21 heavy (non-hydrogen) atoms. The van der Waals surface area contributed by atoms with Gasteiger partial charge in [0.15, 0.2) is 5.13 Å². The molecule has 5 heteroatoms. The van der Waals surface area contributed by atoms with Gasteiger partial charge >= 0.3 is 0 Å². The summed E-state index contributed by atoms with van der Waals surface area (Å²) >= 11 is 1.50. The number of nitrogens with one attached hydrogen (secondary N) is 2. The Balaban J connectivity index is 2.22. The molecule has 0 unspecified atom stereocenters. The van der Waals surface area contributed by atoms with Gasteiger partial charge in [0, 0.05) is 17.1 Å². The summed E-state index contributed by atoms with van der Waals surface area (Å²) in [5, 5.41) is 6.84. The summed E-state index contributed by atoms with van der Waals surface area (Å²) in [6, 6.07) is 5.87. The van der Waals surface area contributed by atoms with Crippen LogP contribution in [0.3, 0.4) is 0 Å². The van der Waals surface area contributed by atoms with Crippen molar-refractivity contribution in [1.82, 2.24) is 4.98 Å². The van der Waals surface area contributed by atoms with Crippen LogP contribution in [0.1, 0.15) is 39.8 Å². The number of aryl methyl sites for hydroxylation is 3. The summed E-state index contributed by atoms with van der Waals surface area (Å²) in [6.45, 7) is 8.88. The molecule has 4 nitrogen and oxygen atoms in total. The van der Waals surface area contributed by atoms with E-state index in [-0.39, 0.29) is 5.91 Å². The van der Waals surface area contributed by atoms with E-state index in [0.29, 0.717) is 10.7 Å². The highest BCUT2D eigenvalue weighted by Crippen LogP contribution is 2.24. The largest absolute Gasteiger partial charge is 0.384 e. The van der Waals surface area contributed by atoms with Gasteiger partial charge in [-0.3, -0.25) is 10.1 Å². The van der Waals surface area contributed by atoms with Gasteiger partial charge in [0.2, 0.25) is 0 Å². The van der Waals surface area contributed by atoms with E-state index >= 15 is 0 Å². The number of nitrogens with zero attached hydrogens (tertiary/aromatic N) is 1. The molecule has 2 N–H and O–H groups in total. The van der Waals surface area contributed by atoms with Crippen molar-refractivity contribution in [1.29, 1.82) is 0 Å². The number of hydrogen-bond donors (Lipinski definition) is 2. The number of hydrogen-bond acceptors (Lipinski definition) is 4. The molecule has 0 aliphatic heterocycles. The average Bonchev–Trinajstić information content (AvgIpc) is 2.75. The molecule has 0 saturated heterocycles.